The van der Waals surface area contributed by atoms with E-state index in [1.165, 1.54) is 5.56 Å². The third-order valence-corrected chi connectivity index (χ3v) is 3.61. The van der Waals surface area contributed by atoms with Crippen molar-refractivity contribution in [3.05, 3.63) is 29.3 Å². The van der Waals surface area contributed by atoms with Gasteiger partial charge < -0.3 is 15.4 Å². The van der Waals surface area contributed by atoms with E-state index >= 15 is 0 Å². The number of rotatable bonds is 2. The van der Waals surface area contributed by atoms with Gasteiger partial charge in [-0.1, -0.05) is 24.4 Å². The van der Waals surface area contributed by atoms with Crippen LogP contribution in [0.2, 0.25) is 0 Å². The molecule has 19 heavy (non-hydrogen) atoms. The van der Waals surface area contributed by atoms with Gasteiger partial charge in [0.15, 0.2) is 0 Å². The van der Waals surface area contributed by atoms with Gasteiger partial charge in [-0.05, 0) is 39.3 Å². The summed E-state index contributed by atoms with van der Waals surface area (Å²) in [5.41, 5.74) is 9.02. The Morgan fingerprint density at radius 1 is 1.47 bits per heavy atom. The lowest BCUT2D eigenvalue weighted by Gasteiger charge is -2.44. The van der Waals surface area contributed by atoms with E-state index in [1.807, 2.05) is 12.1 Å². The summed E-state index contributed by atoms with van der Waals surface area (Å²) in [6.45, 7) is 10.2. The van der Waals surface area contributed by atoms with Crippen molar-refractivity contribution in [1.82, 2.24) is 0 Å². The molecule has 1 fully saturated rings. The highest BCUT2D eigenvalue weighted by molar-refractivity contribution is 7.80. The number of hydrogen-bond donors (Lipinski definition) is 1. The molecular weight excluding hydrogens is 256 g/mol. The highest BCUT2D eigenvalue weighted by Gasteiger charge is 2.32. The largest absolute Gasteiger partial charge is 0.389 e. The van der Waals surface area contributed by atoms with Crippen LogP contribution in [0.15, 0.2) is 18.2 Å². The summed E-state index contributed by atoms with van der Waals surface area (Å²) in [5.74, 6) is 0. The molecule has 3 nitrogen and oxygen atoms in total. The molecule has 0 saturated carbocycles. The van der Waals surface area contributed by atoms with Crippen LogP contribution in [0.4, 0.5) is 5.69 Å². The number of hydrogen-bond acceptors (Lipinski definition) is 3. The summed E-state index contributed by atoms with van der Waals surface area (Å²) in [7, 11) is 0. The minimum Gasteiger partial charge on any atom is -0.389 e. The Bertz CT molecular complexity index is 499. The van der Waals surface area contributed by atoms with Gasteiger partial charge in [0, 0.05) is 18.7 Å². The number of nitrogens with two attached hydrogens (primary N) is 1. The van der Waals surface area contributed by atoms with E-state index in [9.17, 15) is 0 Å². The maximum absolute atomic E-state index is 5.96. The lowest BCUT2D eigenvalue weighted by atomic mass is 10.0. The topological polar surface area (TPSA) is 38.5 Å². The van der Waals surface area contributed by atoms with Crippen molar-refractivity contribution in [3.63, 3.8) is 0 Å². The molecule has 4 heteroatoms. The zero-order valence-electron chi connectivity index (χ0n) is 12.1. The standard InChI is InChI=1S/C15H22N2OS/c1-10-6-5-7-12(14(16)19)13(10)17-8-11(2)18-15(3,4)9-17/h5-7,11H,8-9H2,1-4H3,(H2,16,19). The van der Waals surface area contributed by atoms with Crippen LogP contribution >= 0.6 is 12.2 Å². The third kappa shape index (κ3) is 3.07. The van der Waals surface area contributed by atoms with Gasteiger partial charge in [0.05, 0.1) is 17.4 Å². The fraction of sp³-hybridized carbons (Fsp3) is 0.533. The summed E-state index contributed by atoms with van der Waals surface area (Å²) < 4.78 is 5.96. The van der Waals surface area contributed by atoms with Gasteiger partial charge >= 0.3 is 0 Å². The number of thiocarbonyl (C=S) groups is 1. The van der Waals surface area contributed by atoms with Crippen molar-refractivity contribution in [2.45, 2.75) is 39.4 Å². The monoisotopic (exact) mass is 278 g/mol. The second-order valence-corrected chi connectivity index (χ2v) is 6.34. The van der Waals surface area contributed by atoms with Crippen LogP contribution in [0.5, 0.6) is 0 Å². The van der Waals surface area contributed by atoms with E-state index in [0.717, 1.165) is 24.3 Å². The van der Waals surface area contributed by atoms with Crippen molar-refractivity contribution in [3.8, 4) is 0 Å². The predicted molar refractivity (Wildman–Crippen MR) is 83.9 cm³/mol. The zero-order chi connectivity index (χ0) is 14.2. The molecule has 1 unspecified atom stereocenters. The van der Waals surface area contributed by atoms with Crippen LogP contribution in [-0.4, -0.2) is 29.8 Å². The van der Waals surface area contributed by atoms with Crippen LogP contribution < -0.4 is 10.6 Å². The Balaban J connectivity index is 2.43. The van der Waals surface area contributed by atoms with Gasteiger partial charge in [-0.25, -0.2) is 0 Å². The van der Waals surface area contributed by atoms with Crippen LogP contribution in [0.3, 0.4) is 0 Å². The number of aryl methyl sites for hydroxylation is 1. The number of morpholine rings is 1. The number of ether oxygens (including phenoxy) is 1. The van der Waals surface area contributed by atoms with Crippen LogP contribution in [0.25, 0.3) is 0 Å². The summed E-state index contributed by atoms with van der Waals surface area (Å²) >= 11 is 5.18. The van der Waals surface area contributed by atoms with Crippen molar-refractivity contribution >= 4 is 22.9 Å². The first-order valence-corrected chi connectivity index (χ1v) is 7.03. The number of anilines is 1. The second-order valence-electron chi connectivity index (χ2n) is 5.90. The zero-order valence-corrected chi connectivity index (χ0v) is 12.9. The highest BCUT2D eigenvalue weighted by Crippen LogP contribution is 2.31. The van der Waals surface area contributed by atoms with E-state index in [0.29, 0.717) is 4.99 Å². The highest BCUT2D eigenvalue weighted by atomic mass is 32.1. The first kappa shape index (κ1) is 14.3. The minimum atomic E-state index is -0.159. The summed E-state index contributed by atoms with van der Waals surface area (Å²) in [5, 5.41) is 0. The SMILES string of the molecule is Cc1cccc(C(N)=S)c1N1CC(C)OC(C)(C)C1. The first-order chi connectivity index (χ1) is 8.80. The molecule has 2 rings (SSSR count). The fourth-order valence-corrected chi connectivity index (χ4v) is 3.07. The number of nitrogens with zero attached hydrogens (tertiary/aromatic N) is 1. The molecule has 104 valence electrons. The first-order valence-electron chi connectivity index (χ1n) is 6.62. The molecule has 0 aliphatic carbocycles. The van der Waals surface area contributed by atoms with E-state index in [-0.39, 0.29) is 11.7 Å². The molecule has 0 spiro atoms. The quantitative estimate of drug-likeness (QED) is 0.844. The van der Waals surface area contributed by atoms with E-state index in [2.05, 4.69) is 38.7 Å². The molecule has 1 aliphatic heterocycles. The van der Waals surface area contributed by atoms with E-state index in [1.54, 1.807) is 0 Å². The molecular formula is C15H22N2OS. The molecule has 0 amide bonds. The average molecular weight is 278 g/mol. The van der Waals surface area contributed by atoms with Crippen molar-refractivity contribution < 1.29 is 4.74 Å². The smallest absolute Gasteiger partial charge is 0.106 e. The Morgan fingerprint density at radius 3 is 2.74 bits per heavy atom. The van der Waals surface area contributed by atoms with E-state index in [4.69, 9.17) is 22.7 Å². The Labute approximate surface area is 120 Å². The van der Waals surface area contributed by atoms with Crippen LogP contribution in [0.1, 0.15) is 31.9 Å². The number of para-hydroxylation sites is 1. The molecule has 0 bridgehead atoms. The van der Waals surface area contributed by atoms with Gasteiger partial charge in [-0.2, -0.15) is 0 Å². The number of benzene rings is 1. The molecule has 2 N–H and O–H groups in total. The fourth-order valence-electron chi connectivity index (χ4n) is 2.90. The molecule has 1 aromatic carbocycles. The molecule has 0 radical (unpaired) electrons. The average Bonchev–Trinajstić information content (AvgIpc) is 2.25. The van der Waals surface area contributed by atoms with Gasteiger partial charge in [0.2, 0.25) is 0 Å². The van der Waals surface area contributed by atoms with Crippen LogP contribution in [0, 0.1) is 6.92 Å². The van der Waals surface area contributed by atoms with Crippen molar-refractivity contribution in [1.29, 1.82) is 0 Å². The summed E-state index contributed by atoms with van der Waals surface area (Å²) in [4.78, 5) is 2.80. The van der Waals surface area contributed by atoms with Crippen molar-refractivity contribution in [2.24, 2.45) is 5.73 Å². The lowest BCUT2D eigenvalue weighted by molar-refractivity contribution is -0.0750. The molecule has 0 aromatic heterocycles. The lowest BCUT2D eigenvalue weighted by Crippen LogP contribution is -2.52. The van der Waals surface area contributed by atoms with Gasteiger partial charge in [0.25, 0.3) is 0 Å². The third-order valence-electron chi connectivity index (χ3n) is 3.39. The molecule has 1 saturated heterocycles. The Hall–Kier alpha value is -1.13. The molecule has 1 aromatic rings. The predicted octanol–water partition coefficient (Wildman–Crippen LogP) is 2.63. The van der Waals surface area contributed by atoms with E-state index < -0.39 is 0 Å². The molecule has 1 atom stereocenters. The van der Waals surface area contributed by atoms with Crippen LogP contribution in [-0.2, 0) is 4.74 Å². The van der Waals surface area contributed by atoms with Gasteiger partial charge in [-0.3, -0.25) is 0 Å². The second kappa shape index (κ2) is 5.10. The van der Waals surface area contributed by atoms with Gasteiger partial charge in [-0.15, -0.1) is 0 Å². The maximum Gasteiger partial charge on any atom is 0.106 e. The Kier molecular flexibility index (Phi) is 3.83. The summed E-state index contributed by atoms with van der Waals surface area (Å²) in [6, 6.07) is 6.10. The van der Waals surface area contributed by atoms with Gasteiger partial charge in [0.1, 0.15) is 4.99 Å². The molecule has 1 heterocycles. The van der Waals surface area contributed by atoms with Crippen molar-refractivity contribution in [2.75, 3.05) is 18.0 Å². The Morgan fingerprint density at radius 2 is 2.16 bits per heavy atom. The summed E-state index contributed by atoms with van der Waals surface area (Å²) in [6.07, 6.45) is 0.197. The minimum absolute atomic E-state index is 0.159. The maximum atomic E-state index is 5.96. The molecule has 1 aliphatic rings. The normalized spacial score (nSPS) is 22.3.